The standard InChI is InChI=1S/C34H48BF3N4O4.C2H6/c1-8-11-12-13-14-15-21-44-29-19-18-25(22-26(29)34(36,37)38)27(10-3)40-30(24(4)9-2)28-17-16-20-42(28)31(35-45-23-39)41-32(43)46-33(5,6)7;1-2/h10,14-15,18-19,22,24,28H,8-9,11-13,16-17,20-21H2,1-7H3,(H,41,43);1-2H3/b15-14+,27-10-,40-30?;. The van der Waals surface area contributed by atoms with Gasteiger partial charge in [0.1, 0.15) is 0 Å². The fourth-order valence-corrected chi connectivity index (χ4v) is 5.05. The maximum atomic E-state index is 14.2. The zero-order valence-electron chi connectivity index (χ0n) is 30.2. The van der Waals surface area contributed by atoms with Crippen molar-refractivity contribution in [2.75, 3.05) is 13.2 Å². The minimum Gasteiger partial charge on any atom is -0.0683 e. The van der Waals surface area contributed by atoms with Crippen LogP contribution < -0.4 is 10.1 Å². The van der Waals surface area contributed by atoms with Crippen LogP contribution in [-0.2, 0) is 15.6 Å². The predicted molar refractivity (Wildman–Crippen MR) is 189 cm³/mol. The van der Waals surface area contributed by atoms with Gasteiger partial charge in [0.05, 0.1) is 0 Å². The Labute approximate surface area is 286 Å². The number of allylic oxidation sites excluding steroid dienone is 2. The molecule has 0 aromatic heterocycles. The summed E-state index contributed by atoms with van der Waals surface area (Å²) in [4.78, 5) is 19.5. The number of alkyl carbamates (subject to hydrolysis) is 1. The molecule has 1 amide bonds. The average Bonchev–Trinajstić information content (AvgIpc) is 3.52. The number of alkyl halides is 3. The van der Waals surface area contributed by atoms with Crippen LogP contribution in [0.3, 0.4) is 0 Å². The molecule has 0 saturated carbocycles. The first-order valence-electron chi connectivity index (χ1n) is 17.0. The van der Waals surface area contributed by atoms with Gasteiger partial charge in [0.2, 0.25) is 0 Å². The van der Waals surface area contributed by atoms with Gasteiger partial charge in [-0.2, -0.15) is 0 Å². The Morgan fingerprint density at radius 3 is 2.50 bits per heavy atom. The molecule has 8 nitrogen and oxygen atoms in total. The predicted octanol–water partition coefficient (Wildman–Crippen LogP) is 9.29. The molecule has 1 aromatic rings. The Morgan fingerprint density at radius 2 is 1.92 bits per heavy atom. The fourth-order valence-electron chi connectivity index (χ4n) is 5.05. The Morgan fingerprint density at radius 1 is 1.21 bits per heavy atom. The molecule has 0 bridgehead atoms. The zero-order valence-corrected chi connectivity index (χ0v) is 30.2. The van der Waals surface area contributed by atoms with Crippen molar-refractivity contribution in [3.05, 3.63) is 47.6 Å². The zero-order chi connectivity index (χ0) is 36.3. The van der Waals surface area contributed by atoms with Gasteiger partial charge < -0.3 is 0 Å². The van der Waals surface area contributed by atoms with Crippen molar-refractivity contribution in [1.82, 2.24) is 10.2 Å². The van der Waals surface area contributed by atoms with Crippen LogP contribution in [0.1, 0.15) is 118 Å². The van der Waals surface area contributed by atoms with Crippen molar-refractivity contribution in [3.63, 3.8) is 0 Å². The smallest absolute Gasteiger partial charge is 0.0683 e. The van der Waals surface area contributed by atoms with Gasteiger partial charge in [0.15, 0.2) is 0 Å². The number of aliphatic imine (C=N–C) groups is 1. The maximum absolute atomic E-state index is 14.2. The number of amides is 1. The molecule has 1 fully saturated rings. The van der Waals surface area contributed by atoms with E-state index in [2.05, 4.69) is 12.2 Å². The Balaban J connectivity index is 0.00000565. The second-order valence-corrected chi connectivity index (χ2v) is 12.2. The first kappa shape index (κ1) is 42.3. The average molecular weight is 675 g/mol. The van der Waals surface area contributed by atoms with Crippen molar-refractivity contribution >= 4 is 30.3 Å². The molecular weight excluding hydrogens is 620 g/mol. The molecule has 12 heteroatoms. The third kappa shape index (κ3) is 14.2. The summed E-state index contributed by atoms with van der Waals surface area (Å²) in [6.45, 7) is 17.6. The van der Waals surface area contributed by atoms with Gasteiger partial charge in [-0.15, -0.1) is 0 Å². The van der Waals surface area contributed by atoms with Crippen molar-refractivity contribution in [3.8, 4) is 12.0 Å². The molecular formula is C36H54BF3N4O4. The van der Waals surface area contributed by atoms with Crippen LogP contribution in [0.25, 0.3) is 5.70 Å². The van der Waals surface area contributed by atoms with E-state index in [0.717, 1.165) is 57.4 Å². The van der Waals surface area contributed by atoms with E-state index < -0.39 is 23.4 Å². The number of carbonyl (C=O) groups is 1. The number of hydrogen-bond acceptors (Lipinski definition) is 7. The topological polar surface area (TPSA) is 96.2 Å². The Kier molecular flexibility index (Phi) is 18.7. The number of unbranched alkanes of at least 4 members (excludes halogenated alkanes) is 3. The van der Waals surface area contributed by atoms with E-state index in [-0.39, 0.29) is 30.0 Å². The van der Waals surface area contributed by atoms with Crippen molar-refractivity contribution in [1.29, 1.82) is 5.26 Å². The quantitative estimate of drug-likeness (QED) is 0.0655. The SMILES string of the molecule is C/C=C(\N=C(C(C)CC)C1CCCN1C(=BOC#N)NC(=O)OC(C)(C)C)c1ccc(OC/C=C/CCCCC)c(C(F)(F)F)c1.CC. The summed E-state index contributed by atoms with van der Waals surface area (Å²) in [5.41, 5.74) is 0.0420. The van der Waals surface area contributed by atoms with Gasteiger partial charge in [0, 0.05) is 0 Å². The molecule has 1 N–H and O–H groups in total. The van der Waals surface area contributed by atoms with Crippen LogP contribution in [0.4, 0.5) is 18.0 Å². The van der Waals surface area contributed by atoms with Crippen molar-refractivity contribution in [2.45, 2.75) is 125 Å². The molecule has 266 valence electrons. The van der Waals surface area contributed by atoms with Crippen molar-refractivity contribution in [2.24, 2.45) is 10.9 Å². The van der Waals surface area contributed by atoms with E-state index >= 15 is 0 Å². The van der Waals surface area contributed by atoms with Crippen molar-refractivity contribution < 1.29 is 32.1 Å². The molecule has 48 heavy (non-hydrogen) atoms. The summed E-state index contributed by atoms with van der Waals surface area (Å²) < 4.78 is 58.5. The second-order valence-electron chi connectivity index (χ2n) is 12.2. The van der Waals surface area contributed by atoms with Gasteiger partial charge in [0.25, 0.3) is 0 Å². The fraction of sp³-hybridized carbons (Fsp3) is 0.611. The number of ether oxygens (including phenoxy) is 2. The number of likely N-dealkylation sites (tertiary alicyclic amines) is 1. The number of nitrogens with zero attached hydrogens (tertiary/aromatic N) is 3. The van der Waals surface area contributed by atoms with Crippen LogP contribution >= 0.6 is 0 Å². The molecule has 2 rings (SSSR count). The Hall–Kier alpha value is -3.75. The van der Waals surface area contributed by atoms with Gasteiger partial charge in [-0.1, -0.05) is 45.8 Å². The summed E-state index contributed by atoms with van der Waals surface area (Å²) in [6, 6.07) is 3.70. The number of rotatable bonds is 15. The first-order chi connectivity index (χ1) is 22.7. The minimum absolute atomic E-state index is 0.0432. The largest absolute Gasteiger partial charge is 0.0683 e. The minimum atomic E-state index is -4.63. The summed E-state index contributed by atoms with van der Waals surface area (Å²) in [6.07, 6.45) is 7.87. The number of carbonyl (C=O) groups excluding carboxylic acids is 1. The number of halogens is 3. The van der Waals surface area contributed by atoms with E-state index in [1.165, 1.54) is 6.07 Å². The molecule has 1 heterocycles. The number of hydrogen-bond donors (Lipinski definition) is 1. The van der Waals surface area contributed by atoms with Crippen LogP contribution in [-0.4, -0.2) is 54.3 Å². The molecule has 1 saturated heterocycles. The molecule has 0 spiro atoms. The second kappa shape index (κ2) is 21.3. The Bertz CT molecular complexity index is 1310. The van der Waals surface area contributed by atoms with E-state index in [0.29, 0.717) is 24.2 Å². The molecule has 2 unspecified atom stereocenters. The van der Waals surface area contributed by atoms with E-state index in [4.69, 9.17) is 24.4 Å². The van der Waals surface area contributed by atoms with Gasteiger partial charge in [-0.25, -0.2) is 0 Å². The normalized spacial score (nSPS) is 16.4. The summed E-state index contributed by atoms with van der Waals surface area (Å²) in [5.74, 6) is -0.285. The summed E-state index contributed by atoms with van der Waals surface area (Å²) in [5, 5.41) is 11.7. The number of benzene rings is 1. The van der Waals surface area contributed by atoms with Crippen LogP contribution in [0, 0.1) is 17.4 Å². The van der Waals surface area contributed by atoms with E-state index in [9.17, 15) is 18.0 Å². The van der Waals surface area contributed by atoms with E-state index in [1.807, 2.05) is 38.7 Å². The summed E-state index contributed by atoms with van der Waals surface area (Å²) >= 11 is 0. The monoisotopic (exact) mass is 674 g/mol. The van der Waals surface area contributed by atoms with E-state index in [1.54, 1.807) is 52.2 Å². The molecule has 1 aliphatic rings. The third-order valence-corrected chi connectivity index (χ3v) is 7.45. The molecule has 1 aromatic carbocycles. The van der Waals surface area contributed by atoms with Crippen LogP contribution in [0.2, 0.25) is 0 Å². The third-order valence-electron chi connectivity index (χ3n) is 7.45. The van der Waals surface area contributed by atoms with Gasteiger partial charge >= 0.3 is 228 Å². The number of nitrogens with one attached hydrogen (secondary N) is 1. The maximum Gasteiger partial charge on any atom is -0.0683 e. The molecule has 2 atom stereocenters. The first-order valence-corrected chi connectivity index (χ1v) is 17.0. The molecule has 1 aliphatic heterocycles. The summed E-state index contributed by atoms with van der Waals surface area (Å²) in [7, 11) is 1.15. The van der Waals surface area contributed by atoms with Crippen LogP contribution in [0.15, 0.2) is 41.4 Å². The number of nitriles is 1. The van der Waals surface area contributed by atoms with Gasteiger partial charge in [-0.3, -0.25) is 0 Å². The molecule has 0 radical (unpaired) electrons. The van der Waals surface area contributed by atoms with Crippen LogP contribution in [0.5, 0.6) is 5.75 Å². The molecule has 0 aliphatic carbocycles. The van der Waals surface area contributed by atoms with Gasteiger partial charge in [-0.05, 0) is 12.8 Å².